The third kappa shape index (κ3) is 3.89. The van der Waals surface area contributed by atoms with Crippen molar-refractivity contribution in [2.24, 2.45) is 5.92 Å². The molecule has 31 heavy (non-hydrogen) atoms. The zero-order valence-electron chi connectivity index (χ0n) is 17.5. The summed E-state index contributed by atoms with van der Waals surface area (Å²) in [5.41, 5.74) is 0.956. The van der Waals surface area contributed by atoms with Gasteiger partial charge in [0.05, 0.1) is 13.2 Å². The average Bonchev–Trinajstić information content (AvgIpc) is 3.30. The van der Waals surface area contributed by atoms with Crippen LogP contribution >= 0.6 is 15.9 Å². The first kappa shape index (κ1) is 21.6. The first-order valence-electron chi connectivity index (χ1n) is 10.6. The minimum Gasteiger partial charge on any atom is -0.468 e. The lowest BCUT2D eigenvalue weighted by Crippen LogP contribution is -2.43. The maximum atomic E-state index is 13.2. The van der Waals surface area contributed by atoms with Crippen molar-refractivity contribution in [2.75, 3.05) is 13.2 Å². The van der Waals surface area contributed by atoms with Crippen LogP contribution in [0.2, 0.25) is 0 Å². The Morgan fingerprint density at radius 2 is 1.68 bits per heavy atom. The Morgan fingerprint density at radius 3 is 2.32 bits per heavy atom. The number of halogens is 1. The summed E-state index contributed by atoms with van der Waals surface area (Å²) in [7, 11) is 0. The molecule has 1 fully saturated rings. The summed E-state index contributed by atoms with van der Waals surface area (Å²) in [6, 6.07) is 18.2. The molecule has 4 atom stereocenters. The van der Waals surface area contributed by atoms with Crippen LogP contribution in [-0.4, -0.2) is 30.8 Å². The molecule has 0 bridgehead atoms. The summed E-state index contributed by atoms with van der Waals surface area (Å²) in [5, 5.41) is 0. The van der Waals surface area contributed by atoms with E-state index < -0.39 is 17.5 Å². The van der Waals surface area contributed by atoms with Gasteiger partial charge < -0.3 is 14.2 Å². The minimum absolute atomic E-state index is 0.0184. The van der Waals surface area contributed by atoms with Crippen molar-refractivity contribution in [3.05, 3.63) is 82.0 Å². The van der Waals surface area contributed by atoms with Gasteiger partial charge in [0.2, 0.25) is 11.4 Å². The Labute approximate surface area is 190 Å². The molecule has 1 heterocycles. The molecule has 1 unspecified atom stereocenters. The van der Waals surface area contributed by atoms with Gasteiger partial charge in [-0.05, 0) is 49.1 Å². The Hall–Kier alpha value is -2.60. The molecule has 2 aromatic carbocycles. The average molecular weight is 485 g/mol. The molecular formula is C25H25BrO5. The van der Waals surface area contributed by atoms with Gasteiger partial charge in [0.15, 0.2) is 0 Å². The summed E-state index contributed by atoms with van der Waals surface area (Å²) in [6.45, 7) is 3.99. The lowest BCUT2D eigenvalue weighted by atomic mass is 9.78. The highest BCUT2D eigenvalue weighted by molar-refractivity contribution is 9.10. The number of fused-ring (bicyclic) bond motifs is 1. The first-order chi connectivity index (χ1) is 15.0. The molecule has 1 aliphatic carbocycles. The molecular weight excluding hydrogens is 460 g/mol. The van der Waals surface area contributed by atoms with Gasteiger partial charge in [-0.3, -0.25) is 0 Å². The van der Waals surface area contributed by atoms with Crippen molar-refractivity contribution in [2.45, 2.75) is 37.7 Å². The molecule has 0 saturated heterocycles. The molecule has 5 nitrogen and oxygen atoms in total. The quantitative estimate of drug-likeness (QED) is 0.532. The van der Waals surface area contributed by atoms with E-state index in [0.29, 0.717) is 6.42 Å². The van der Waals surface area contributed by atoms with Crippen molar-refractivity contribution in [1.82, 2.24) is 0 Å². The third-order valence-electron chi connectivity index (χ3n) is 6.09. The van der Waals surface area contributed by atoms with E-state index in [1.165, 1.54) is 0 Å². The lowest BCUT2D eigenvalue weighted by molar-refractivity contribution is -0.169. The van der Waals surface area contributed by atoms with Crippen molar-refractivity contribution >= 4 is 27.9 Å². The molecule has 4 rings (SSSR count). The molecule has 6 heteroatoms. The van der Waals surface area contributed by atoms with Gasteiger partial charge in [0, 0.05) is 22.7 Å². The monoisotopic (exact) mass is 484 g/mol. The van der Waals surface area contributed by atoms with Crippen LogP contribution in [-0.2, 0) is 23.8 Å². The van der Waals surface area contributed by atoms with Gasteiger partial charge in [-0.2, -0.15) is 0 Å². The molecule has 0 spiro atoms. The van der Waals surface area contributed by atoms with Crippen molar-refractivity contribution in [1.29, 1.82) is 0 Å². The van der Waals surface area contributed by atoms with Gasteiger partial charge in [-0.25, -0.2) is 9.59 Å². The van der Waals surface area contributed by atoms with E-state index in [4.69, 9.17) is 14.2 Å². The number of carbonyl (C=O) groups is 2. The van der Waals surface area contributed by atoms with Crippen LogP contribution in [0.5, 0.6) is 0 Å². The fourth-order valence-electron chi connectivity index (χ4n) is 4.85. The second kappa shape index (κ2) is 8.87. The molecule has 162 valence electrons. The molecule has 2 aliphatic rings. The number of carbonyl (C=O) groups excluding carboxylic acids is 2. The Bertz CT molecular complexity index is 985. The predicted octanol–water partition coefficient (Wildman–Crippen LogP) is 5.12. The van der Waals surface area contributed by atoms with Crippen LogP contribution in [0, 0.1) is 5.92 Å². The Balaban J connectivity index is 1.83. The fraction of sp³-hybridized carbons (Fsp3) is 0.360. The van der Waals surface area contributed by atoms with Crippen LogP contribution < -0.4 is 0 Å². The predicted molar refractivity (Wildman–Crippen MR) is 119 cm³/mol. The van der Waals surface area contributed by atoms with E-state index >= 15 is 0 Å². The molecule has 2 aromatic rings. The number of esters is 2. The Kier molecular flexibility index (Phi) is 6.19. The van der Waals surface area contributed by atoms with Gasteiger partial charge in [-0.15, -0.1) is 0 Å². The van der Waals surface area contributed by atoms with Crippen molar-refractivity contribution in [3.63, 3.8) is 0 Å². The number of benzene rings is 2. The number of rotatable bonds is 6. The van der Waals surface area contributed by atoms with E-state index in [9.17, 15) is 9.59 Å². The lowest BCUT2D eigenvalue weighted by Gasteiger charge is -2.28. The molecule has 0 aromatic heterocycles. The van der Waals surface area contributed by atoms with Gasteiger partial charge in [0.1, 0.15) is 0 Å². The maximum Gasteiger partial charge on any atom is 0.373 e. The topological polar surface area (TPSA) is 61.8 Å². The van der Waals surface area contributed by atoms with Crippen LogP contribution in [0.25, 0.3) is 0 Å². The zero-order chi connectivity index (χ0) is 22.0. The van der Waals surface area contributed by atoms with E-state index in [2.05, 4.69) is 40.2 Å². The molecule has 0 radical (unpaired) electrons. The normalized spacial score (nSPS) is 26.5. The first-order valence-corrected chi connectivity index (χ1v) is 11.3. The minimum atomic E-state index is -1.25. The van der Waals surface area contributed by atoms with E-state index in [1.54, 1.807) is 19.9 Å². The summed E-state index contributed by atoms with van der Waals surface area (Å²) < 4.78 is 17.7. The van der Waals surface area contributed by atoms with Crippen LogP contribution in [0.1, 0.15) is 43.2 Å². The maximum absolute atomic E-state index is 13.2. The number of hydrogen-bond donors (Lipinski definition) is 0. The smallest absolute Gasteiger partial charge is 0.373 e. The van der Waals surface area contributed by atoms with Crippen molar-refractivity contribution < 1.29 is 23.8 Å². The number of hydrogen-bond acceptors (Lipinski definition) is 5. The second-order valence-corrected chi connectivity index (χ2v) is 8.70. The summed E-state index contributed by atoms with van der Waals surface area (Å²) in [4.78, 5) is 25.7. The van der Waals surface area contributed by atoms with Gasteiger partial charge in [0.25, 0.3) is 0 Å². The fourth-order valence-corrected chi connectivity index (χ4v) is 5.11. The SMILES string of the molecule is CCOC(=O)C1=CC2[C@H](c3ccccc3)[C@@H](c3ccc(Br)cc3)C[C@@]2(C(=O)OCC)O1. The van der Waals surface area contributed by atoms with Crippen LogP contribution in [0.3, 0.4) is 0 Å². The summed E-state index contributed by atoms with van der Waals surface area (Å²) >= 11 is 3.50. The Morgan fingerprint density at radius 1 is 1.00 bits per heavy atom. The van der Waals surface area contributed by atoms with E-state index in [-0.39, 0.29) is 36.7 Å². The molecule has 0 N–H and O–H groups in total. The third-order valence-corrected chi connectivity index (χ3v) is 6.61. The molecule has 1 saturated carbocycles. The highest BCUT2D eigenvalue weighted by atomic mass is 79.9. The van der Waals surface area contributed by atoms with Crippen LogP contribution in [0.15, 0.2) is 70.9 Å². The largest absolute Gasteiger partial charge is 0.468 e. The highest BCUT2D eigenvalue weighted by Gasteiger charge is 2.64. The standard InChI is InChI=1S/C25H25BrO5/c1-3-29-23(27)21-14-20-22(17-8-6-5-7-9-17)19(16-10-12-18(26)13-11-16)15-25(20,31-21)24(28)30-4-2/h5-14,19-20,22H,3-4,15H2,1-2H3/t19-,20?,22-,25-/m1/s1. The summed E-state index contributed by atoms with van der Waals surface area (Å²) in [6.07, 6.45) is 2.18. The van der Waals surface area contributed by atoms with Gasteiger partial charge >= 0.3 is 11.9 Å². The second-order valence-electron chi connectivity index (χ2n) is 7.79. The zero-order valence-corrected chi connectivity index (χ0v) is 19.1. The summed E-state index contributed by atoms with van der Waals surface area (Å²) in [5.74, 6) is -1.27. The molecule has 0 amide bonds. The molecule has 1 aliphatic heterocycles. The number of ether oxygens (including phenoxy) is 3. The van der Waals surface area contributed by atoms with Gasteiger partial charge in [-0.1, -0.05) is 58.4 Å². The van der Waals surface area contributed by atoms with E-state index in [1.807, 2.05) is 30.3 Å². The van der Waals surface area contributed by atoms with Crippen molar-refractivity contribution in [3.8, 4) is 0 Å². The van der Waals surface area contributed by atoms with Crippen LogP contribution in [0.4, 0.5) is 0 Å². The highest BCUT2D eigenvalue weighted by Crippen LogP contribution is 2.60. The van der Waals surface area contributed by atoms with E-state index in [0.717, 1.165) is 15.6 Å².